The van der Waals surface area contributed by atoms with Crippen molar-refractivity contribution in [2.45, 2.75) is 0 Å². The number of urea groups is 1. The van der Waals surface area contributed by atoms with Gasteiger partial charge < -0.3 is 15.6 Å². The summed E-state index contributed by atoms with van der Waals surface area (Å²) in [5.41, 5.74) is 5.01. The van der Waals surface area contributed by atoms with Crippen LogP contribution in [0.1, 0.15) is 5.56 Å². The Morgan fingerprint density at radius 1 is 1.45 bits per heavy atom. The molecule has 1 rings (SSSR count). The van der Waals surface area contributed by atoms with Crippen molar-refractivity contribution in [1.82, 2.24) is 5.32 Å². The molecule has 0 radical (unpaired) electrons. The lowest BCUT2D eigenvalue weighted by Crippen LogP contribution is -2.35. The standard InChI is InChI=1S/C13H10IN3O5/c14-9-4-7(1-2-10(9)22-6-11(18)19)3-8(5-15)12(20)17-13(16)21/h1-4H,6H2,(H,18,19)(H3,16,17,20,21)/b8-3-. The summed E-state index contributed by atoms with van der Waals surface area (Å²) in [7, 11) is 0. The van der Waals surface area contributed by atoms with Crippen molar-refractivity contribution in [2.75, 3.05) is 6.61 Å². The average Bonchev–Trinajstić information content (AvgIpc) is 2.42. The monoisotopic (exact) mass is 415 g/mol. The van der Waals surface area contributed by atoms with E-state index in [2.05, 4.69) is 0 Å². The average molecular weight is 415 g/mol. The van der Waals surface area contributed by atoms with Crippen LogP contribution in [0, 0.1) is 14.9 Å². The number of carbonyl (C=O) groups excluding carboxylic acids is 2. The molecule has 1 aromatic rings. The van der Waals surface area contributed by atoms with Crippen molar-refractivity contribution in [3.8, 4) is 11.8 Å². The number of aliphatic carboxylic acids is 1. The van der Waals surface area contributed by atoms with Crippen molar-refractivity contribution < 1.29 is 24.2 Å². The topological polar surface area (TPSA) is 143 Å². The molecule has 4 N–H and O–H groups in total. The molecule has 0 atom stereocenters. The molecule has 0 aliphatic carbocycles. The summed E-state index contributed by atoms with van der Waals surface area (Å²) in [5.74, 6) is -1.65. The number of nitrogens with zero attached hydrogens (tertiary/aromatic N) is 1. The quantitative estimate of drug-likeness (QED) is 0.370. The molecule has 114 valence electrons. The van der Waals surface area contributed by atoms with Gasteiger partial charge in [-0.05, 0) is 46.4 Å². The number of primary amides is 1. The van der Waals surface area contributed by atoms with E-state index in [9.17, 15) is 14.4 Å². The fourth-order valence-electron chi connectivity index (χ4n) is 1.36. The highest BCUT2D eigenvalue weighted by atomic mass is 127. The predicted molar refractivity (Wildman–Crippen MR) is 83.6 cm³/mol. The molecule has 0 fully saturated rings. The second-order valence-electron chi connectivity index (χ2n) is 3.86. The molecule has 0 spiro atoms. The van der Waals surface area contributed by atoms with Crippen LogP contribution in [0.4, 0.5) is 4.79 Å². The Kier molecular flexibility index (Phi) is 6.33. The molecule has 0 saturated heterocycles. The zero-order chi connectivity index (χ0) is 16.7. The normalized spacial score (nSPS) is 10.5. The maximum atomic E-state index is 11.5. The van der Waals surface area contributed by atoms with Gasteiger partial charge in [0.05, 0.1) is 3.57 Å². The molecular weight excluding hydrogens is 405 g/mol. The molecule has 0 unspecified atom stereocenters. The van der Waals surface area contributed by atoms with Crippen molar-refractivity contribution >= 4 is 46.6 Å². The molecule has 0 aliphatic heterocycles. The van der Waals surface area contributed by atoms with Gasteiger partial charge in [-0.2, -0.15) is 5.26 Å². The molecule has 0 aliphatic rings. The van der Waals surface area contributed by atoms with Gasteiger partial charge in [0.15, 0.2) is 6.61 Å². The van der Waals surface area contributed by atoms with Crippen LogP contribution >= 0.6 is 22.6 Å². The van der Waals surface area contributed by atoms with E-state index in [0.29, 0.717) is 14.9 Å². The zero-order valence-corrected chi connectivity index (χ0v) is 13.2. The Morgan fingerprint density at radius 2 is 2.14 bits per heavy atom. The minimum absolute atomic E-state index is 0.297. The lowest BCUT2D eigenvalue weighted by Gasteiger charge is -2.06. The SMILES string of the molecule is N#C/C(=C/c1ccc(OCC(=O)O)c(I)c1)C(=O)NC(N)=O. The van der Waals surface area contributed by atoms with Crippen LogP contribution in [0.25, 0.3) is 6.08 Å². The van der Waals surface area contributed by atoms with Crippen LogP contribution in [-0.4, -0.2) is 29.6 Å². The summed E-state index contributed by atoms with van der Waals surface area (Å²) < 4.78 is 5.65. The van der Waals surface area contributed by atoms with Gasteiger partial charge in [-0.25, -0.2) is 9.59 Å². The first-order chi connectivity index (χ1) is 10.3. The fourth-order valence-corrected chi connectivity index (χ4v) is 2.05. The van der Waals surface area contributed by atoms with Gasteiger partial charge in [0.25, 0.3) is 5.91 Å². The summed E-state index contributed by atoms with van der Waals surface area (Å²) in [6.07, 6.45) is 1.27. The molecular formula is C13H10IN3O5. The van der Waals surface area contributed by atoms with Crippen LogP contribution in [-0.2, 0) is 9.59 Å². The van der Waals surface area contributed by atoms with Gasteiger partial charge >= 0.3 is 12.0 Å². The first kappa shape index (κ1) is 17.4. The fraction of sp³-hybridized carbons (Fsp3) is 0.0769. The Morgan fingerprint density at radius 3 is 2.64 bits per heavy atom. The number of carboxylic acid groups (broad SMARTS) is 1. The number of halogens is 1. The van der Waals surface area contributed by atoms with E-state index in [1.54, 1.807) is 17.5 Å². The highest BCUT2D eigenvalue weighted by Crippen LogP contribution is 2.23. The van der Waals surface area contributed by atoms with E-state index in [4.69, 9.17) is 20.8 Å². The first-order valence-corrected chi connectivity index (χ1v) is 6.78. The second-order valence-corrected chi connectivity index (χ2v) is 5.02. The van der Waals surface area contributed by atoms with Crippen LogP contribution in [0.3, 0.4) is 0 Å². The first-order valence-electron chi connectivity index (χ1n) is 5.70. The number of rotatable bonds is 5. The van der Waals surface area contributed by atoms with E-state index >= 15 is 0 Å². The lowest BCUT2D eigenvalue weighted by atomic mass is 10.1. The Balaban J connectivity index is 2.97. The number of carboxylic acids is 1. The van der Waals surface area contributed by atoms with Gasteiger partial charge in [0.2, 0.25) is 0 Å². The lowest BCUT2D eigenvalue weighted by molar-refractivity contribution is -0.139. The largest absolute Gasteiger partial charge is 0.481 e. The summed E-state index contributed by atoms with van der Waals surface area (Å²) in [6.45, 7) is -0.477. The van der Waals surface area contributed by atoms with Gasteiger partial charge in [-0.15, -0.1) is 0 Å². The predicted octanol–water partition coefficient (Wildman–Crippen LogP) is 0.856. The minimum atomic E-state index is -1.10. The minimum Gasteiger partial charge on any atom is -0.481 e. The molecule has 0 aromatic heterocycles. The second kappa shape index (κ2) is 7.99. The Labute approximate surface area is 138 Å². The van der Waals surface area contributed by atoms with E-state index in [0.717, 1.165) is 0 Å². The number of ether oxygens (including phenoxy) is 1. The van der Waals surface area contributed by atoms with E-state index in [-0.39, 0.29) is 5.57 Å². The van der Waals surface area contributed by atoms with Gasteiger partial charge in [-0.3, -0.25) is 10.1 Å². The van der Waals surface area contributed by atoms with Gasteiger partial charge in [0, 0.05) is 0 Å². The Bertz CT molecular complexity index is 693. The maximum absolute atomic E-state index is 11.5. The highest BCUT2D eigenvalue weighted by molar-refractivity contribution is 14.1. The number of nitrogens with two attached hydrogens (primary N) is 1. The molecule has 22 heavy (non-hydrogen) atoms. The number of carbonyl (C=O) groups is 3. The number of amides is 3. The van der Waals surface area contributed by atoms with Crippen molar-refractivity contribution in [3.05, 3.63) is 32.9 Å². The third-order valence-corrected chi connectivity index (χ3v) is 3.06. The van der Waals surface area contributed by atoms with E-state index in [1.165, 1.54) is 18.2 Å². The summed E-state index contributed by atoms with van der Waals surface area (Å²) in [6, 6.07) is 5.24. The van der Waals surface area contributed by atoms with Gasteiger partial charge in [0.1, 0.15) is 17.4 Å². The van der Waals surface area contributed by atoms with Crippen LogP contribution < -0.4 is 15.8 Å². The molecule has 1 aromatic carbocycles. The number of nitrogens with one attached hydrogen (secondary N) is 1. The van der Waals surface area contributed by atoms with Crippen LogP contribution in [0.15, 0.2) is 23.8 Å². The molecule has 0 bridgehead atoms. The smallest absolute Gasteiger partial charge is 0.341 e. The summed E-state index contributed by atoms with van der Waals surface area (Å²) in [5, 5.41) is 19.3. The third kappa shape index (κ3) is 5.41. The van der Waals surface area contributed by atoms with Crippen LogP contribution in [0.5, 0.6) is 5.75 Å². The maximum Gasteiger partial charge on any atom is 0.341 e. The zero-order valence-electron chi connectivity index (χ0n) is 11.0. The number of hydrogen-bond donors (Lipinski definition) is 3. The molecule has 9 heteroatoms. The summed E-state index contributed by atoms with van der Waals surface area (Å²) >= 11 is 1.92. The number of benzene rings is 1. The van der Waals surface area contributed by atoms with E-state index < -0.39 is 24.5 Å². The Hall–Kier alpha value is -2.61. The molecule has 0 heterocycles. The number of hydrogen-bond acceptors (Lipinski definition) is 5. The van der Waals surface area contributed by atoms with Crippen molar-refractivity contribution in [3.63, 3.8) is 0 Å². The summed E-state index contributed by atoms with van der Waals surface area (Å²) in [4.78, 5) is 32.6. The number of nitriles is 1. The van der Waals surface area contributed by atoms with Crippen LogP contribution in [0.2, 0.25) is 0 Å². The van der Waals surface area contributed by atoms with Gasteiger partial charge in [-0.1, -0.05) is 6.07 Å². The molecule has 8 nitrogen and oxygen atoms in total. The molecule has 0 saturated carbocycles. The highest BCUT2D eigenvalue weighted by Gasteiger charge is 2.11. The van der Waals surface area contributed by atoms with Crippen molar-refractivity contribution in [2.24, 2.45) is 5.73 Å². The van der Waals surface area contributed by atoms with Crippen molar-refractivity contribution in [1.29, 1.82) is 5.26 Å². The molecule has 3 amide bonds. The third-order valence-electron chi connectivity index (χ3n) is 2.22. The number of imide groups is 1. The van der Waals surface area contributed by atoms with E-state index in [1.807, 2.05) is 22.6 Å².